The fraction of sp³-hybridized carbons (Fsp3) is 0.406. The van der Waals surface area contributed by atoms with Crippen molar-refractivity contribution in [3.63, 3.8) is 0 Å². The molecule has 6 nitrogen and oxygen atoms in total. The molecule has 8 heteroatoms. The zero-order chi connectivity index (χ0) is 28.4. The van der Waals surface area contributed by atoms with Crippen LogP contribution < -0.4 is 0 Å². The van der Waals surface area contributed by atoms with E-state index in [0.29, 0.717) is 18.2 Å². The number of hydrogen-bond donors (Lipinski definition) is 0. The van der Waals surface area contributed by atoms with E-state index in [-0.39, 0.29) is 11.7 Å². The molecule has 0 saturated carbocycles. The number of benzene rings is 2. The highest BCUT2D eigenvalue weighted by atomic mass is 35.5. The third kappa shape index (κ3) is 6.45. The predicted octanol–water partition coefficient (Wildman–Crippen LogP) is 7.99. The smallest absolute Gasteiger partial charge is 0.155 e. The SMILES string of the molecule is CCOC[C@@H](OC(C)(C)C)c1c(C)cc2nc(-c3ccnc(C4=CCN(C)CC4)n3)sc2c1-c1ccc(Cl)cc1. The van der Waals surface area contributed by atoms with Gasteiger partial charge >= 0.3 is 0 Å². The lowest BCUT2D eigenvalue weighted by atomic mass is 9.91. The van der Waals surface area contributed by atoms with Crippen molar-refractivity contribution in [1.29, 1.82) is 0 Å². The second-order valence-corrected chi connectivity index (χ2v) is 12.7. The number of aryl methyl sites for hydroxylation is 1. The van der Waals surface area contributed by atoms with Crippen LogP contribution >= 0.6 is 22.9 Å². The number of aromatic nitrogens is 3. The van der Waals surface area contributed by atoms with Gasteiger partial charge in [0.2, 0.25) is 0 Å². The zero-order valence-corrected chi connectivity index (χ0v) is 25.7. The number of rotatable bonds is 8. The van der Waals surface area contributed by atoms with Crippen LogP contribution in [0.2, 0.25) is 5.02 Å². The molecule has 5 rings (SSSR count). The quantitative estimate of drug-likeness (QED) is 0.212. The minimum atomic E-state index is -0.348. The zero-order valence-electron chi connectivity index (χ0n) is 24.1. The van der Waals surface area contributed by atoms with Gasteiger partial charge in [0.1, 0.15) is 16.8 Å². The van der Waals surface area contributed by atoms with Crippen LogP contribution in [0.1, 0.15) is 57.2 Å². The summed E-state index contributed by atoms with van der Waals surface area (Å²) in [5, 5.41) is 1.57. The maximum atomic E-state index is 6.63. The van der Waals surface area contributed by atoms with Crippen LogP contribution in [0.3, 0.4) is 0 Å². The number of likely N-dealkylation sites (N-methyl/N-ethyl adjacent to an activating group) is 1. The Labute approximate surface area is 246 Å². The van der Waals surface area contributed by atoms with Crippen molar-refractivity contribution in [2.75, 3.05) is 33.4 Å². The van der Waals surface area contributed by atoms with Crippen LogP contribution in [0.25, 0.3) is 37.6 Å². The van der Waals surface area contributed by atoms with Crippen molar-refractivity contribution < 1.29 is 9.47 Å². The Morgan fingerprint density at radius 3 is 2.58 bits per heavy atom. The van der Waals surface area contributed by atoms with E-state index in [4.69, 9.17) is 31.0 Å². The minimum absolute atomic E-state index is 0.248. The third-order valence-electron chi connectivity index (χ3n) is 6.93. The van der Waals surface area contributed by atoms with E-state index in [1.165, 1.54) is 5.57 Å². The highest BCUT2D eigenvalue weighted by Gasteiger charge is 2.28. The monoisotopic (exact) mass is 576 g/mol. The van der Waals surface area contributed by atoms with Crippen molar-refractivity contribution in [3.8, 4) is 21.8 Å². The molecule has 0 bridgehead atoms. The molecule has 0 unspecified atom stereocenters. The first-order valence-corrected chi connectivity index (χ1v) is 15.0. The molecule has 2 aromatic heterocycles. The number of ether oxygens (including phenoxy) is 2. The van der Waals surface area contributed by atoms with Crippen LogP contribution in [0.15, 0.2) is 48.7 Å². The van der Waals surface area contributed by atoms with Gasteiger partial charge in [-0.05, 0) is 94.6 Å². The van der Waals surface area contributed by atoms with Crippen LogP contribution in [0.5, 0.6) is 0 Å². The summed E-state index contributed by atoms with van der Waals surface area (Å²) < 4.78 is 13.7. The molecule has 40 heavy (non-hydrogen) atoms. The summed E-state index contributed by atoms with van der Waals surface area (Å²) in [6.45, 7) is 13.4. The van der Waals surface area contributed by atoms with Crippen molar-refractivity contribution in [3.05, 3.63) is 70.6 Å². The standard InChI is InChI=1S/C32H37ClN4O2S/c1-7-38-19-26(39-32(3,4)5)27-20(2)18-25-29(28(27)21-8-10-23(33)11-9-21)40-31(36-25)24-12-15-34-30(35-24)22-13-16-37(6)17-14-22/h8-13,15,18,26H,7,14,16-17,19H2,1-6H3/t26-/m1/s1. The van der Waals surface area contributed by atoms with E-state index in [9.17, 15) is 0 Å². The number of hydrogen-bond acceptors (Lipinski definition) is 7. The van der Waals surface area contributed by atoms with Gasteiger partial charge in [-0.15, -0.1) is 11.3 Å². The van der Waals surface area contributed by atoms with E-state index < -0.39 is 0 Å². The van der Waals surface area contributed by atoms with E-state index >= 15 is 0 Å². The Balaban J connectivity index is 1.67. The number of nitrogens with zero attached hydrogens (tertiary/aromatic N) is 4. The van der Waals surface area contributed by atoms with Crippen LogP contribution in [0, 0.1) is 6.92 Å². The molecule has 1 aliphatic heterocycles. The second kappa shape index (κ2) is 12.0. The molecule has 0 N–H and O–H groups in total. The Kier molecular flexibility index (Phi) is 8.69. The van der Waals surface area contributed by atoms with Crippen molar-refractivity contribution >= 4 is 38.7 Å². The van der Waals surface area contributed by atoms with Crippen LogP contribution in [-0.2, 0) is 9.47 Å². The van der Waals surface area contributed by atoms with E-state index in [0.717, 1.165) is 68.5 Å². The lowest BCUT2D eigenvalue weighted by Crippen LogP contribution is -2.26. The first-order chi connectivity index (χ1) is 19.1. The van der Waals surface area contributed by atoms with Crippen molar-refractivity contribution in [2.45, 2.75) is 52.7 Å². The van der Waals surface area contributed by atoms with E-state index in [1.807, 2.05) is 31.3 Å². The Hall–Kier alpha value is -2.68. The van der Waals surface area contributed by atoms with Crippen molar-refractivity contribution in [1.82, 2.24) is 19.9 Å². The van der Waals surface area contributed by atoms with Gasteiger partial charge in [-0.2, -0.15) is 0 Å². The van der Waals surface area contributed by atoms with Crippen LogP contribution in [0.4, 0.5) is 0 Å². The molecular weight excluding hydrogens is 540 g/mol. The molecule has 4 aromatic rings. The first kappa shape index (κ1) is 28.8. The topological polar surface area (TPSA) is 60.4 Å². The molecule has 1 aliphatic rings. The molecule has 0 fully saturated rings. The first-order valence-electron chi connectivity index (χ1n) is 13.8. The molecule has 0 spiro atoms. The molecule has 0 amide bonds. The summed E-state index contributed by atoms with van der Waals surface area (Å²) in [7, 11) is 2.13. The molecule has 0 radical (unpaired) electrons. The van der Waals surface area contributed by atoms with Crippen molar-refractivity contribution in [2.24, 2.45) is 0 Å². The summed E-state index contributed by atoms with van der Waals surface area (Å²) in [4.78, 5) is 16.9. The summed E-state index contributed by atoms with van der Waals surface area (Å²) in [6.07, 6.45) is 4.76. The van der Waals surface area contributed by atoms with Gasteiger partial charge in [0, 0.05) is 36.5 Å². The highest BCUT2D eigenvalue weighted by molar-refractivity contribution is 7.22. The predicted molar refractivity (Wildman–Crippen MR) is 166 cm³/mol. The fourth-order valence-electron chi connectivity index (χ4n) is 5.07. The van der Waals surface area contributed by atoms with E-state index in [1.54, 1.807) is 11.3 Å². The average molecular weight is 577 g/mol. The second-order valence-electron chi connectivity index (χ2n) is 11.2. The normalized spacial score (nSPS) is 15.4. The molecule has 3 heterocycles. The summed E-state index contributed by atoms with van der Waals surface area (Å²) in [6, 6.07) is 12.1. The fourth-order valence-corrected chi connectivity index (χ4v) is 6.29. The molecule has 1 atom stereocenters. The highest BCUT2D eigenvalue weighted by Crippen LogP contribution is 2.44. The molecule has 0 saturated heterocycles. The lowest BCUT2D eigenvalue weighted by molar-refractivity contribution is -0.0936. The van der Waals surface area contributed by atoms with Gasteiger partial charge in [-0.3, -0.25) is 0 Å². The summed E-state index contributed by atoms with van der Waals surface area (Å²) >= 11 is 7.96. The summed E-state index contributed by atoms with van der Waals surface area (Å²) in [5.41, 5.74) is 7.04. The molecule has 0 aliphatic carbocycles. The average Bonchev–Trinajstić information content (AvgIpc) is 3.34. The number of fused-ring (bicyclic) bond motifs is 1. The van der Waals surface area contributed by atoms with Gasteiger partial charge in [0.15, 0.2) is 5.82 Å². The number of thiazole rings is 1. The van der Waals surface area contributed by atoms with Gasteiger partial charge in [0.05, 0.1) is 22.4 Å². The molecule has 2 aromatic carbocycles. The third-order valence-corrected chi connectivity index (χ3v) is 8.29. The van der Waals surface area contributed by atoms with Gasteiger partial charge < -0.3 is 14.4 Å². The Morgan fingerprint density at radius 1 is 1.12 bits per heavy atom. The maximum Gasteiger partial charge on any atom is 0.155 e. The van der Waals surface area contributed by atoms with Gasteiger partial charge in [-0.1, -0.05) is 29.8 Å². The van der Waals surface area contributed by atoms with Crippen LogP contribution in [-0.4, -0.2) is 58.8 Å². The largest absolute Gasteiger partial charge is 0.379 e. The summed E-state index contributed by atoms with van der Waals surface area (Å²) in [5.74, 6) is 0.787. The minimum Gasteiger partial charge on any atom is -0.379 e. The van der Waals surface area contributed by atoms with Gasteiger partial charge in [0.25, 0.3) is 0 Å². The molecular formula is C32H37ClN4O2S. The number of halogens is 1. The maximum absolute atomic E-state index is 6.63. The lowest BCUT2D eigenvalue weighted by Gasteiger charge is -2.30. The van der Waals surface area contributed by atoms with E-state index in [2.05, 4.69) is 68.9 Å². The molecule has 210 valence electrons. The Bertz CT molecular complexity index is 1520. The van der Waals surface area contributed by atoms with Gasteiger partial charge in [-0.25, -0.2) is 15.0 Å². The Morgan fingerprint density at radius 2 is 1.90 bits per heavy atom.